The molecule has 0 saturated heterocycles. The third-order valence-corrected chi connectivity index (χ3v) is 10.1. The lowest BCUT2D eigenvalue weighted by Crippen LogP contribution is -2.43. The maximum atomic E-state index is 12.7. The number of nitrogens with zero attached hydrogens (tertiary/aromatic N) is 2. The fraction of sp³-hybridized carbons (Fsp3) is 0.750. The molecule has 170 valence electrons. The summed E-state index contributed by atoms with van der Waals surface area (Å²) < 4.78 is 13.0. The Morgan fingerprint density at radius 3 is 2.33 bits per heavy atom. The Hall–Kier alpha value is -2.07. The lowest BCUT2D eigenvalue weighted by atomic mass is 10.2. The van der Waals surface area contributed by atoms with Gasteiger partial charge in [0.1, 0.15) is 11.3 Å². The van der Waals surface area contributed by atoms with Crippen LogP contribution in [0.5, 0.6) is 0 Å². The van der Waals surface area contributed by atoms with Crippen LogP contribution in [0.15, 0.2) is 4.79 Å². The largest absolute Gasteiger partial charge is 0.444 e. The average molecular weight is 441 g/mol. The van der Waals surface area contributed by atoms with E-state index < -0.39 is 20.0 Å². The smallest absolute Gasteiger partial charge is 0.410 e. The molecule has 2 N–H and O–H groups in total. The maximum absolute atomic E-state index is 12.7. The SMILES string of the molecule is CC(C)(C)OC(=O)N1CCn2c(c(C(=O)NCCO[Si](C)(C)C(C)(C)C)[nH]c2=O)C1. The number of ether oxygens (including phenoxy) is 1. The van der Waals surface area contributed by atoms with Gasteiger partial charge in [-0.3, -0.25) is 9.36 Å². The van der Waals surface area contributed by atoms with E-state index in [1.54, 1.807) is 20.8 Å². The summed E-state index contributed by atoms with van der Waals surface area (Å²) in [6, 6.07) is 0. The van der Waals surface area contributed by atoms with E-state index in [-0.39, 0.29) is 28.9 Å². The second-order valence-corrected chi connectivity index (χ2v) is 15.0. The van der Waals surface area contributed by atoms with Crippen LogP contribution < -0.4 is 11.0 Å². The van der Waals surface area contributed by atoms with Crippen molar-refractivity contribution in [1.29, 1.82) is 0 Å². The van der Waals surface area contributed by atoms with Gasteiger partial charge in [0.15, 0.2) is 8.32 Å². The molecule has 0 radical (unpaired) electrons. The zero-order chi connectivity index (χ0) is 22.9. The Labute approximate surface area is 179 Å². The van der Waals surface area contributed by atoms with Crippen molar-refractivity contribution in [3.8, 4) is 0 Å². The number of fused-ring (bicyclic) bond motifs is 1. The standard InChI is InChI=1S/C20H36N4O5Si/c1-19(2,3)29-18(27)23-10-11-24-14(13-23)15(22-17(24)26)16(25)21-9-12-28-30(7,8)20(4,5)6/h9-13H2,1-8H3,(H,21,25)(H,22,26). The van der Waals surface area contributed by atoms with E-state index in [1.165, 1.54) is 9.47 Å². The highest BCUT2D eigenvalue weighted by Gasteiger charge is 2.37. The zero-order valence-electron chi connectivity index (χ0n) is 19.5. The van der Waals surface area contributed by atoms with Gasteiger partial charge in [-0.2, -0.15) is 0 Å². The molecule has 2 heterocycles. The molecule has 1 aromatic rings. The second-order valence-electron chi connectivity index (χ2n) is 10.2. The number of amides is 2. The third-order valence-electron chi connectivity index (χ3n) is 5.56. The van der Waals surface area contributed by atoms with Gasteiger partial charge in [-0.25, -0.2) is 9.59 Å². The number of aromatic amines is 1. The van der Waals surface area contributed by atoms with Crippen LogP contribution in [0.3, 0.4) is 0 Å². The molecule has 2 amide bonds. The summed E-state index contributed by atoms with van der Waals surface area (Å²) in [7, 11) is -1.89. The number of H-pyrrole nitrogens is 1. The summed E-state index contributed by atoms with van der Waals surface area (Å²) in [6.07, 6.45) is -0.462. The summed E-state index contributed by atoms with van der Waals surface area (Å²) in [5.41, 5.74) is -0.298. The molecule has 0 atom stereocenters. The summed E-state index contributed by atoms with van der Waals surface area (Å²) in [4.78, 5) is 41.4. The summed E-state index contributed by atoms with van der Waals surface area (Å²) in [6.45, 7) is 17.7. The molecule has 0 aromatic carbocycles. The topological polar surface area (TPSA) is 106 Å². The Kier molecular flexibility index (Phi) is 6.92. The van der Waals surface area contributed by atoms with Crippen LogP contribution in [-0.4, -0.2) is 60.1 Å². The minimum Gasteiger partial charge on any atom is -0.444 e. The summed E-state index contributed by atoms with van der Waals surface area (Å²) in [5.74, 6) is -0.384. The highest BCUT2D eigenvalue weighted by molar-refractivity contribution is 6.74. The quantitative estimate of drug-likeness (QED) is 0.541. The third kappa shape index (κ3) is 5.75. The average Bonchev–Trinajstić information content (AvgIpc) is 2.92. The van der Waals surface area contributed by atoms with Crippen molar-refractivity contribution in [2.75, 3.05) is 19.7 Å². The van der Waals surface area contributed by atoms with E-state index in [9.17, 15) is 14.4 Å². The monoisotopic (exact) mass is 440 g/mol. The van der Waals surface area contributed by atoms with Crippen molar-refractivity contribution in [2.24, 2.45) is 0 Å². The predicted octanol–water partition coefficient (Wildman–Crippen LogP) is 2.68. The molecule has 1 aliphatic rings. The molecule has 1 aromatic heterocycles. The molecule has 0 bridgehead atoms. The molecule has 0 aliphatic carbocycles. The number of hydrogen-bond donors (Lipinski definition) is 2. The Morgan fingerprint density at radius 1 is 1.13 bits per heavy atom. The molecular weight excluding hydrogens is 404 g/mol. The van der Waals surface area contributed by atoms with Gasteiger partial charge in [-0.05, 0) is 38.9 Å². The van der Waals surface area contributed by atoms with Gasteiger partial charge in [-0.15, -0.1) is 0 Å². The number of imidazole rings is 1. The van der Waals surface area contributed by atoms with Gasteiger partial charge in [0.05, 0.1) is 18.8 Å². The molecule has 10 heteroatoms. The van der Waals surface area contributed by atoms with Crippen molar-refractivity contribution in [3.63, 3.8) is 0 Å². The predicted molar refractivity (Wildman–Crippen MR) is 117 cm³/mol. The molecular formula is C20H36N4O5Si. The first-order valence-corrected chi connectivity index (χ1v) is 13.2. The Bertz CT molecular complexity index is 845. The molecule has 0 saturated carbocycles. The van der Waals surface area contributed by atoms with Gasteiger partial charge in [-0.1, -0.05) is 20.8 Å². The number of rotatable bonds is 5. The first-order valence-electron chi connectivity index (χ1n) is 10.3. The first kappa shape index (κ1) is 24.2. The van der Waals surface area contributed by atoms with Crippen LogP contribution in [0.25, 0.3) is 0 Å². The van der Waals surface area contributed by atoms with E-state index in [4.69, 9.17) is 9.16 Å². The second kappa shape index (κ2) is 8.58. The van der Waals surface area contributed by atoms with Crippen LogP contribution in [0.1, 0.15) is 57.7 Å². The number of hydrogen-bond acceptors (Lipinski definition) is 5. The van der Waals surface area contributed by atoms with Gasteiger partial charge < -0.3 is 24.4 Å². The fourth-order valence-electron chi connectivity index (χ4n) is 2.83. The molecule has 1 aliphatic heterocycles. The van der Waals surface area contributed by atoms with Crippen molar-refractivity contribution in [2.45, 2.75) is 78.4 Å². The Morgan fingerprint density at radius 2 is 1.77 bits per heavy atom. The van der Waals surface area contributed by atoms with E-state index in [0.717, 1.165) is 0 Å². The van der Waals surface area contributed by atoms with E-state index in [0.29, 0.717) is 31.9 Å². The minimum atomic E-state index is -1.89. The van der Waals surface area contributed by atoms with Crippen molar-refractivity contribution in [1.82, 2.24) is 19.8 Å². The first-order chi connectivity index (χ1) is 13.6. The minimum absolute atomic E-state index is 0.0920. The van der Waals surface area contributed by atoms with Crippen LogP contribution in [0.4, 0.5) is 4.79 Å². The molecule has 0 unspecified atom stereocenters. The van der Waals surface area contributed by atoms with Crippen LogP contribution >= 0.6 is 0 Å². The highest BCUT2D eigenvalue weighted by atomic mass is 28.4. The van der Waals surface area contributed by atoms with Crippen LogP contribution in [0.2, 0.25) is 18.1 Å². The van der Waals surface area contributed by atoms with Crippen LogP contribution in [-0.2, 0) is 22.3 Å². The van der Waals surface area contributed by atoms with Gasteiger partial charge >= 0.3 is 11.8 Å². The molecule has 0 fully saturated rings. The van der Waals surface area contributed by atoms with Crippen molar-refractivity contribution >= 4 is 20.3 Å². The molecule has 2 rings (SSSR count). The fourth-order valence-corrected chi connectivity index (χ4v) is 3.88. The van der Waals surface area contributed by atoms with Gasteiger partial charge in [0.2, 0.25) is 0 Å². The van der Waals surface area contributed by atoms with Crippen LogP contribution in [0, 0.1) is 0 Å². The van der Waals surface area contributed by atoms with Gasteiger partial charge in [0.25, 0.3) is 5.91 Å². The Balaban J connectivity index is 2.02. The summed E-state index contributed by atoms with van der Waals surface area (Å²) >= 11 is 0. The van der Waals surface area contributed by atoms with E-state index in [2.05, 4.69) is 44.2 Å². The lowest BCUT2D eigenvalue weighted by Gasteiger charge is -2.36. The lowest BCUT2D eigenvalue weighted by molar-refractivity contribution is 0.0196. The van der Waals surface area contributed by atoms with Gasteiger partial charge in [0, 0.05) is 19.6 Å². The number of carbonyl (C=O) groups is 2. The zero-order valence-corrected chi connectivity index (χ0v) is 20.5. The van der Waals surface area contributed by atoms with Crippen molar-refractivity contribution in [3.05, 3.63) is 21.9 Å². The molecule has 9 nitrogen and oxygen atoms in total. The highest BCUT2D eigenvalue weighted by Crippen LogP contribution is 2.36. The molecule has 30 heavy (non-hydrogen) atoms. The maximum Gasteiger partial charge on any atom is 0.410 e. The van der Waals surface area contributed by atoms with E-state index >= 15 is 0 Å². The number of carbonyl (C=O) groups excluding carboxylic acids is 2. The van der Waals surface area contributed by atoms with Crippen molar-refractivity contribution < 1.29 is 18.8 Å². The number of aromatic nitrogens is 2. The summed E-state index contributed by atoms with van der Waals surface area (Å²) in [5, 5.41) is 2.90. The normalized spacial score (nSPS) is 15.0. The van der Waals surface area contributed by atoms with E-state index in [1.807, 2.05) is 0 Å². The molecule has 0 spiro atoms. The number of nitrogens with one attached hydrogen (secondary N) is 2.